The van der Waals surface area contributed by atoms with Gasteiger partial charge in [-0.05, 0) is 18.4 Å². The summed E-state index contributed by atoms with van der Waals surface area (Å²) in [7, 11) is 0. The first-order valence-electron chi connectivity index (χ1n) is 4.68. The minimum atomic E-state index is -4.53. The summed E-state index contributed by atoms with van der Waals surface area (Å²) in [6.45, 7) is 3.83. The Labute approximate surface area is 85.9 Å². The lowest BCUT2D eigenvalue weighted by molar-refractivity contribution is -0.915. The van der Waals surface area contributed by atoms with Gasteiger partial charge in [0.1, 0.15) is 0 Å². The highest BCUT2D eigenvalue weighted by molar-refractivity contribution is 5.14. The molecule has 0 spiro atoms. The van der Waals surface area contributed by atoms with E-state index in [9.17, 15) is 13.2 Å². The first kappa shape index (κ1) is 11.8. The minimum absolute atomic E-state index is 0.130. The molecule has 1 heterocycles. The first-order valence-corrected chi connectivity index (χ1v) is 4.68. The van der Waals surface area contributed by atoms with E-state index in [4.69, 9.17) is 5.21 Å². The summed E-state index contributed by atoms with van der Waals surface area (Å²) in [6.07, 6.45) is -2.61. The van der Waals surface area contributed by atoms with E-state index in [1.807, 2.05) is 13.8 Å². The second kappa shape index (κ2) is 4.08. The Hall–Kier alpha value is -1.26. The van der Waals surface area contributed by atoms with Crippen LogP contribution in [0.25, 0.3) is 0 Å². The van der Waals surface area contributed by atoms with E-state index < -0.39 is 11.9 Å². The molecule has 0 aliphatic rings. The average molecular weight is 220 g/mol. The third-order valence-electron chi connectivity index (χ3n) is 2.42. The van der Waals surface area contributed by atoms with Crippen LogP contribution < -0.4 is 4.73 Å². The fourth-order valence-corrected chi connectivity index (χ4v) is 1.26. The van der Waals surface area contributed by atoms with Gasteiger partial charge in [0.05, 0.1) is 0 Å². The third-order valence-corrected chi connectivity index (χ3v) is 2.42. The molecule has 0 saturated carbocycles. The third kappa shape index (κ3) is 2.61. The van der Waals surface area contributed by atoms with E-state index in [0.29, 0.717) is 5.56 Å². The molecule has 0 bridgehead atoms. The Kier molecular flexibility index (Phi) is 3.21. The zero-order valence-corrected chi connectivity index (χ0v) is 8.54. The van der Waals surface area contributed by atoms with Crippen molar-refractivity contribution in [1.29, 1.82) is 0 Å². The zero-order valence-electron chi connectivity index (χ0n) is 8.54. The van der Waals surface area contributed by atoms with Crippen molar-refractivity contribution in [2.45, 2.75) is 32.4 Å². The van der Waals surface area contributed by atoms with Gasteiger partial charge in [0.15, 0.2) is 0 Å². The second-order valence-electron chi connectivity index (χ2n) is 3.50. The Morgan fingerprint density at radius 3 is 2.40 bits per heavy atom. The van der Waals surface area contributed by atoms with Crippen LogP contribution in [0, 0.1) is 0 Å². The molecular formula is C10H13F3NO+. The van der Waals surface area contributed by atoms with E-state index >= 15 is 0 Å². The van der Waals surface area contributed by atoms with Gasteiger partial charge in [0.2, 0.25) is 6.20 Å². The molecule has 5 heteroatoms. The lowest BCUT2D eigenvalue weighted by atomic mass is 10.0. The fourth-order valence-electron chi connectivity index (χ4n) is 1.26. The van der Waals surface area contributed by atoms with Crippen molar-refractivity contribution in [2.75, 3.05) is 0 Å². The second-order valence-corrected chi connectivity index (χ2v) is 3.50. The number of rotatable bonds is 2. The van der Waals surface area contributed by atoms with Crippen molar-refractivity contribution < 1.29 is 23.1 Å². The number of hydrogen-bond donors (Lipinski definition) is 1. The maximum atomic E-state index is 12.3. The molecule has 0 amide bonds. The van der Waals surface area contributed by atoms with Gasteiger partial charge in [-0.15, -0.1) is 0 Å². The van der Waals surface area contributed by atoms with Crippen LogP contribution in [0.2, 0.25) is 0 Å². The van der Waals surface area contributed by atoms with E-state index in [-0.39, 0.29) is 10.6 Å². The molecule has 0 aliphatic carbocycles. The van der Waals surface area contributed by atoms with Crippen LogP contribution in [0.4, 0.5) is 13.2 Å². The number of nitrogens with zero attached hydrogens (tertiary/aromatic N) is 1. The number of hydrogen-bond acceptors (Lipinski definition) is 1. The summed E-state index contributed by atoms with van der Waals surface area (Å²) in [5.41, 5.74) is -0.373. The molecule has 1 rings (SSSR count). The van der Waals surface area contributed by atoms with Crippen LogP contribution in [0.1, 0.15) is 37.4 Å². The topological polar surface area (TPSA) is 24.1 Å². The number of aromatic nitrogens is 1. The van der Waals surface area contributed by atoms with Gasteiger partial charge in [-0.1, -0.05) is 13.8 Å². The monoisotopic (exact) mass is 220 g/mol. The molecule has 0 saturated heterocycles. The molecule has 15 heavy (non-hydrogen) atoms. The Bertz CT molecular complexity index is 349. The standard InChI is InChI=1S/C10H13F3NO/c1-3-7(2)8-4-5-9(10(11,12)13)14(15)6-8/h4-7,15H,3H2,1-2H3/q+1. The summed E-state index contributed by atoms with van der Waals surface area (Å²) in [4.78, 5) is 0. The van der Waals surface area contributed by atoms with Crippen molar-refractivity contribution in [3.63, 3.8) is 0 Å². The molecular weight excluding hydrogens is 207 g/mol. The van der Waals surface area contributed by atoms with E-state index in [2.05, 4.69) is 0 Å². The Morgan fingerprint density at radius 1 is 1.40 bits per heavy atom. The van der Waals surface area contributed by atoms with Crippen LogP contribution in [-0.2, 0) is 6.18 Å². The quantitative estimate of drug-likeness (QED) is 0.601. The highest BCUT2D eigenvalue weighted by atomic mass is 19.4. The predicted octanol–water partition coefficient (Wildman–Crippen LogP) is 2.74. The molecule has 84 valence electrons. The molecule has 2 nitrogen and oxygen atoms in total. The summed E-state index contributed by atoms with van der Waals surface area (Å²) >= 11 is 0. The van der Waals surface area contributed by atoms with Crippen molar-refractivity contribution >= 4 is 0 Å². The van der Waals surface area contributed by atoms with Crippen LogP contribution in [0.3, 0.4) is 0 Å². The Balaban J connectivity index is 3.09. The normalized spacial score (nSPS) is 13.9. The summed E-state index contributed by atoms with van der Waals surface area (Å²) in [5, 5.41) is 9.17. The number of alkyl halides is 3. The Morgan fingerprint density at radius 2 is 2.00 bits per heavy atom. The smallest absolute Gasteiger partial charge is 0.285 e. The lowest BCUT2D eigenvalue weighted by Gasteiger charge is -2.07. The number of halogens is 3. The summed E-state index contributed by atoms with van der Waals surface area (Å²) in [6, 6.07) is 2.28. The van der Waals surface area contributed by atoms with Crippen molar-refractivity contribution in [2.24, 2.45) is 0 Å². The number of pyridine rings is 1. The molecule has 1 N–H and O–H groups in total. The van der Waals surface area contributed by atoms with Gasteiger partial charge in [-0.2, -0.15) is 13.2 Å². The molecule has 1 unspecified atom stereocenters. The van der Waals surface area contributed by atoms with E-state index in [1.54, 1.807) is 0 Å². The zero-order chi connectivity index (χ0) is 11.6. The molecule has 0 fully saturated rings. The van der Waals surface area contributed by atoms with Gasteiger partial charge in [0.25, 0.3) is 0 Å². The molecule has 0 radical (unpaired) electrons. The highest BCUT2D eigenvalue weighted by Gasteiger charge is 2.42. The minimum Gasteiger partial charge on any atom is -0.285 e. The van der Waals surface area contributed by atoms with Crippen LogP contribution in [0.5, 0.6) is 0 Å². The van der Waals surface area contributed by atoms with Crippen molar-refractivity contribution in [1.82, 2.24) is 0 Å². The van der Waals surface area contributed by atoms with Crippen LogP contribution >= 0.6 is 0 Å². The SMILES string of the molecule is CCC(C)c1ccc(C(F)(F)F)[n+](O)c1. The largest absolute Gasteiger partial charge is 0.482 e. The van der Waals surface area contributed by atoms with Gasteiger partial charge in [-0.3, -0.25) is 5.21 Å². The molecule has 0 aromatic carbocycles. The highest BCUT2D eigenvalue weighted by Crippen LogP contribution is 2.27. The molecule has 0 aliphatic heterocycles. The van der Waals surface area contributed by atoms with Gasteiger partial charge >= 0.3 is 11.9 Å². The van der Waals surface area contributed by atoms with E-state index in [0.717, 1.165) is 18.7 Å². The fraction of sp³-hybridized carbons (Fsp3) is 0.500. The van der Waals surface area contributed by atoms with Crippen molar-refractivity contribution in [3.8, 4) is 0 Å². The summed E-state index contributed by atoms with van der Waals surface area (Å²) in [5.74, 6) is 0.130. The van der Waals surface area contributed by atoms with Gasteiger partial charge in [-0.25, -0.2) is 0 Å². The maximum absolute atomic E-state index is 12.3. The lowest BCUT2D eigenvalue weighted by Crippen LogP contribution is -2.39. The van der Waals surface area contributed by atoms with Gasteiger partial charge in [0, 0.05) is 16.4 Å². The first-order chi connectivity index (χ1) is 6.86. The average Bonchev–Trinajstić information content (AvgIpc) is 2.14. The predicted molar refractivity (Wildman–Crippen MR) is 47.5 cm³/mol. The molecule has 1 aromatic heterocycles. The van der Waals surface area contributed by atoms with Crippen LogP contribution in [0.15, 0.2) is 18.3 Å². The maximum Gasteiger partial charge on any atom is 0.482 e. The molecule has 1 atom stereocenters. The van der Waals surface area contributed by atoms with E-state index in [1.165, 1.54) is 6.07 Å². The summed E-state index contributed by atoms with van der Waals surface area (Å²) < 4.78 is 37.0. The van der Waals surface area contributed by atoms with Crippen LogP contribution in [-0.4, -0.2) is 5.21 Å². The van der Waals surface area contributed by atoms with Crippen molar-refractivity contribution in [3.05, 3.63) is 29.6 Å². The molecule has 1 aromatic rings. The van der Waals surface area contributed by atoms with Gasteiger partial charge < -0.3 is 0 Å².